The maximum absolute atomic E-state index is 12.4. The van der Waals surface area contributed by atoms with Gasteiger partial charge >= 0.3 is 11.4 Å². The first kappa shape index (κ1) is 11.8. The Morgan fingerprint density at radius 2 is 1.35 bits per heavy atom. The minimum absolute atomic E-state index is 0.0905. The first-order valence-electron chi connectivity index (χ1n) is 7.14. The number of aromatic nitrogens is 3. The Balaban J connectivity index is 2.12. The van der Waals surface area contributed by atoms with Crippen LogP contribution in [0.1, 0.15) is 37.8 Å². The summed E-state index contributed by atoms with van der Waals surface area (Å²) in [6, 6.07) is -0.181. The lowest BCUT2D eigenvalue weighted by atomic mass is 9.86. The van der Waals surface area contributed by atoms with Crippen molar-refractivity contribution in [1.82, 2.24) is 13.9 Å². The Morgan fingerprint density at radius 3 is 1.80 bits per heavy atom. The lowest BCUT2D eigenvalue weighted by molar-refractivity contribution is 0.369. The Morgan fingerprint density at radius 1 is 0.900 bits per heavy atom. The first-order valence-corrected chi connectivity index (χ1v) is 7.14. The fourth-order valence-corrected chi connectivity index (χ4v) is 3.58. The fraction of sp³-hybridized carbons (Fsp3) is 0.467. The van der Waals surface area contributed by atoms with Gasteiger partial charge in [-0.2, -0.15) is 0 Å². The summed E-state index contributed by atoms with van der Waals surface area (Å²) in [7, 11) is 1.56. The van der Waals surface area contributed by atoms with Crippen LogP contribution in [0, 0.1) is 0 Å². The summed E-state index contributed by atoms with van der Waals surface area (Å²) >= 11 is 0. The molecular weight excluding hydrogens is 254 g/mol. The second-order valence-electron chi connectivity index (χ2n) is 5.72. The van der Waals surface area contributed by atoms with Gasteiger partial charge in [0.25, 0.3) is 0 Å². The third kappa shape index (κ3) is 1.38. The highest BCUT2D eigenvalue weighted by molar-refractivity contribution is 5.31. The molecule has 2 aliphatic heterocycles. The molecule has 5 heteroatoms. The van der Waals surface area contributed by atoms with Crippen LogP contribution in [-0.4, -0.2) is 13.9 Å². The van der Waals surface area contributed by atoms with Gasteiger partial charge in [0.1, 0.15) is 0 Å². The van der Waals surface area contributed by atoms with Gasteiger partial charge < -0.3 is 0 Å². The van der Waals surface area contributed by atoms with E-state index in [0.29, 0.717) is 0 Å². The van der Waals surface area contributed by atoms with Gasteiger partial charge in [-0.15, -0.1) is 0 Å². The van der Waals surface area contributed by atoms with Crippen molar-refractivity contribution in [3.8, 4) is 0 Å². The lowest BCUT2D eigenvalue weighted by Crippen LogP contribution is -2.38. The maximum atomic E-state index is 12.4. The molecule has 0 saturated carbocycles. The highest BCUT2D eigenvalue weighted by Gasteiger charge is 2.33. The molecule has 5 nitrogen and oxygen atoms in total. The highest BCUT2D eigenvalue weighted by atomic mass is 16.2. The van der Waals surface area contributed by atoms with Crippen LogP contribution in [0.15, 0.2) is 45.0 Å². The molecule has 4 aliphatic rings. The first-order chi connectivity index (χ1) is 9.68. The molecule has 2 atom stereocenters. The zero-order chi connectivity index (χ0) is 13.9. The summed E-state index contributed by atoms with van der Waals surface area (Å²) in [6.07, 6.45) is 12.6. The van der Waals surface area contributed by atoms with Crippen LogP contribution in [0.4, 0.5) is 0 Å². The summed E-state index contributed by atoms with van der Waals surface area (Å²) in [5.74, 6) is 0. The van der Waals surface area contributed by atoms with Crippen molar-refractivity contribution in [3.63, 3.8) is 0 Å². The van der Waals surface area contributed by atoms with E-state index in [2.05, 4.69) is 24.3 Å². The molecule has 0 unspecified atom stereocenters. The molecule has 2 aliphatic carbocycles. The van der Waals surface area contributed by atoms with E-state index in [1.54, 1.807) is 16.4 Å². The van der Waals surface area contributed by atoms with Gasteiger partial charge in [0.05, 0.1) is 12.1 Å². The predicted molar refractivity (Wildman–Crippen MR) is 75.8 cm³/mol. The van der Waals surface area contributed by atoms with Crippen molar-refractivity contribution in [3.05, 3.63) is 56.4 Å². The molecule has 0 saturated heterocycles. The molecule has 5 rings (SSSR count). The van der Waals surface area contributed by atoms with E-state index in [1.165, 1.54) is 15.7 Å². The number of rotatable bonds is 0. The summed E-state index contributed by atoms with van der Waals surface area (Å²) in [4.78, 5) is 24.8. The largest absolute Gasteiger partial charge is 0.347 e. The smallest absolute Gasteiger partial charge is 0.246 e. The Hall–Kier alpha value is -2.04. The summed E-state index contributed by atoms with van der Waals surface area (Å²) < 4.78 is 4.49. The molecule has 0 fully saturated rings. The molecule has 20 heavy (non-hydrogen) atoms. The van der Waals surface area contributed by atoms with Crippen LogP contribution in [0.25, 0.3) is 0 Å². The van der Waals surface area contributed by atoms with Gasteiger partial charge in [0.15, 0.2) is 0 Å². The fourth-order valence-electron chi connectivity index (χ4n) is 3.58. The predicted octanol–water partition coefficient (Wildman–Crippen LogP) is 1.44. The summed E-state index contributed by atoms with van der Waals surface area (Å²) in [6.45, 7) is 0. The molecule has 1 aromatic heterocycles. The quantitative estimate of drug-likeness (QED) is 0.670. The van der Waals surface area contributed by atoms with E-state index < -0.39 is 0 Å². The van der Waals surface area contributed by atoms with E-state index in [0.717, 1.165) is 25.7 Å². The molecule has 1 aromatic rings. The number of allylic oxidation sites excluding steroid dienone is 6. The van der Waals surface area contributed by atoms with E-state index >= 15 is 0 Å². The zero-order valence-electron chi connectivity index (χ0n) is 11.5. The van der Waals surface area contributed by atoms with E-state index in [4.69, 9.17) is 0 Å². The van der Waals surface area contributed by atoms with Crippen molar-refractivity contribution >= 4 is 0 Å². The van der Waals surface area contributed by atoms with Gasteiger partial charge in [0.2, 0.25) is 0 Å². The number of nitrogens with zero attached hydrogens (tertiary/aromatic N) is 3. The summed E-state index contributed by atoms with van der Waals surface area (Å²) in [5, 5.41) is 0. The van der Waals surface area contributed by atoms with Gasteiger partial charge in [-0.1, -0.05) is 24.3 Å². The molecular formula is C15H17N3O2. The minimum Gasteiger partial charge on any atom is -0.246 e. The Labute approximate surface area is 116 Å². The molecule has 0 amide bonds. The third-order valence-electron chi connectivity index (χ3n) is 4.64. The molecule has 3 heterocycles. The van der Waals surface area contributed by atoms with Crippen LogP contribution in [0.5, 0.6) is 0 Å². The van der Waals surface area contributed by atoms with E-state index in [-0.39, 0.29) is 23.5 Å². The molecule has 104 valence electrons. The van der Waals surface area contributed by atoms with Crippen molar-refractivity contribution in [2.24, 2.45) is 7.05 Å². The average molecular weight is 271 g/mol. The zero-order valence-corrected chi connectivity index (χ0v) is 11.5. The van der Waals surface area contributed by atoms with Gasteiger partial charge in [0, 0.05) is 7.05 Å². The van der Waals surface area contributed by atoms with Gasteiger partial charge in [-0.25, -0.2) is 23.5 Å². The molecule has 0 N–H and O–H groups in total. The molecule has 4 bridgehead atoms. The summed E-state index contributed by atoms with van der Waals surface area (Å²) in [5.41, 5.74) is 2.07. The van der Waals surface area contributed by atoms with Crippen LogP contribution in [0.2, 0.25) is 0 Å². The van der Waals surface area contributed by atoms with Crippen LogP contribution >= 0.6 is 0 Å². The van der Waals surface area contributed by atoms with E-state index in [1.807, 2.05) is 0 Å². The van der Waals surface area contributed by atoms with E-state index in [9.17, 15) is 9.59 Å². The van der Waals surface area contributed by atoms with Crippen molar-refractivity contribution in [2.45, 2.75) is 37.8 Å². The lowest BCUT2D eigenvalue weighted by Gasteiger charge is -2.34. The third-order valence-corrected chi connectivity index (χ3v) is 4.64. The second kappa shape index (κ2) is 3.98. The Kier molecular flexibility index (Phi) is 2.34. The van der Waals surface area contributed by atoms with Crippen molar-refractivity contribution < 1.29 is 0 Å². The topological polar surface area (TPSA) is 48.9 Å². The average Bonchev–Trinajstić information content (AvgIpc) is 2.63. The monoisotopic (exact) mass is 271 g/mol. The molecule has 0 aromatic carbocycles. The molecule has 0 radical (unpaired) electrons. The number of hydrogen-bond donors (Lipinski definition) is 0. The van der Waals surface area contributed by atoms with Crippen LogP contribution < -0.4 is 11.4 Å². The van der Waals surface area contributed by atoms with Crippen molar-refractivity contribution in [1.29, 1.82) is 0 Å². The second-order valence-corrected chi connectivity index (χ2v) is 5.72. The highest BCUT2D eigenvalue weighted by Crippen LogP contribution is 2.38. The molecule has 0 spiro atoms. The normalized spacial score (nSPS) is 29.9. The van der Waals surface area contributed by atoms with Gasteiger partial charge in [-0.05, 0) is 36.8 Å². The Bertz CT molecular complexity index is 722. The van der Waals surface area contributed by atoms with Crippen molar-refractivity contribution in [2.75, 3.05) is 0 Å². The SMILES string of the molecule is Cn1c(=O)n2n(c1=O)[C@H]1C=C[C@@H]2/C2=C/CCC=C1CC2. The standard InChI is InChI=1S/C15H17N3O2/c1-16-14(19)17-12-8-9-13(18(17)15(16)20)11-5-3-2-4-10(12)6-7-11/h4-5,8-9,12-13H,2-3,6-7H2,1H3/b10-4+,11-5?/t12-,13+/m1/s1. The maximum Gasteiger partial charge on any atom is 0.347 e. The van der Waals surface area contributed by atoms with Crippen LogP contribution in [0.3, 0.4) is 0 Å². The van der Waals surface area contributed by atoms with Gasteiger partial charge in [-0.3, -0.25) is 0 Å². The minimum atomic E-state index is -0.220. The number of hydrogen-bond acceptors (Lipinski definition) is 2. The van der Waals surface area contributed by atoms with Crippen LogP contribution in [-0.2, 0) is 7.05 Å².